The second-order valence-corrected chi connectivity index (χ2v) is 14.0. The van der Waals surface area contributed by atoms with E-state index in [2.05, 4.69) is 161 Å². The Morgan fingerprint density at radius 2 is 1.25 bits per heavy atom. The number of benzene rings is 6. The van der Waals surface area contributed by atoms with Gasteiger partial charge in [-0.25, -0.2) is 0 Å². The first-order valence-electron chi connectivity index (χ1n) is 18.0. The van der Waals surface area contributed by atoms with E-state index in [9.17, 15) is 0 Å². The fraction of sp³-hybridized carbons (Fsp3) is 0.0833. The molecule has 3 heteroatoms. The van der Waals surface area contributed by atoms with Crippen LogP contribution in [-0.4, -0.2) is 9.13 Å². The van der Waals surface area contributed by atoms with Gasteiger partial charge in [0.05, 0.1) is 11.0 Å². The quantitative estimate of drug-likeness (QED) is 0.185. The molecule has 1 unspecified atom stereocenters. The molecule has 2 aliphatic carbocycles. The van der Waals surface area contributed by atoms with Crippen LogP contribution in [0.15, 0.2) is 150 Å². The zero-order chi connectivity index (χ0) is 33.5. The fourth-order valence-electron chi connectivity index (χ4n) is 8.73. The number of furan rings is 1. The third-order valence-corrected chi connectivity index (χ3v) is 11.1. The first kappa shape index (κ1) is 28.5. The van der Waals surface area contributed by atoms with Crippen molar-refractivity contribution in [3.05, 3.63) is 173 Å². The molecule has 11 rings (SSSR count). The second-order valence-electron chi connectivity index (χ2n) is 14.0. The minimum Gasteiger partial charge on any atom is -0.456 e. The minimum absolute atomic E-state index is 0.275. The average Bonchev–Trinajstić information content (AvgIpc) is 3.85. The molecule has 9 aromatic rings. The molecule has 0 N–H and O–H groups in total. The Bertz CT molecular complexity index is 2990. The highest BCUT2D eigenvalue weighted by atomic mass is 16.3. The zero-order valence-corrected chi connectivity index (χ0v) is 28.1. The van der Waals surface area contributed by atoms with Gasteiger partial charge in [-0.1, -0.05) is 97.1 Å². The Hall–Kier alpha value is -6.32. The third kappa shape index (κ3) is 4.38. The molecule has 0 saturated heterocycles. The zero-order valence-electron chi connectivity index (χ0n) is 28.1. The van der Waals surface area contributed by atoms with Gasteiger partial charge in [0.25, 0.3) is 0 Å². The molecule has 3 aromatic heterocycles. The molecule has 3 heterocycles. The fourth-order valence-corrected chi connectivity index (χ4v) is 8.73. The largest absolute Gasteiger partial charge is 0.456 e. The molecular weight excluding hydrogens is 621 g/mol. The molecule has 0 radical (unpaired) electrons. The molecule has 0 aliphatic heterocycles. The van der Waals surface area contributed by atoms with Crippen LogP contribution in [0, 0.1) is 0 Å². The predicted molar refractivity (Wildman–Crippen MR) is 212 cm³/mol. The van der Waals surface area contributed by atoms with Gasteiger partial charge in [0.15, 0.2) is 0 Å². The summed E-state index contributed by atoms with van der Waals surface area (Å²) in [5.74, 6) is 0.275. The van der Waals surface area contributed by atoms with Crippen molar-refractivity contribution >= 4 is 62.0 Å². The topological polar surface area (TPSA) is 23.0 Å². The maximum absolute atomic E-state index is 6.16. The highest BCUT2D eigenvalue weighted by Crippen LogP contribution is 2.38. The maximum atomic E-state index is 6.16. The molecule has 0 saturated carbocycles. The number of aromatic nitrogens is 2. The van der Waals surface area contributed by atoms with Crippen molar-refractivity contribution in [1.82, 2.24) is 9.13 Å². The molecule has 0 bridgehead atoms. The van der Waals surface area contributed by atoms with Gasteiger partial charge in [-0.2, -0.15) is 0 Å². The monoisotopic (exact) mass is 654 g/mol. The molecule has 6 aromatic carbocycles. The SMILES string of the molecule is C1=Cc2c(n(-c3ccccc3)c3ccc(C4C=c5c(n(-c6ccccc6)c6ccc(-c7ccc8oc9ccccc9c8c7)cc56)=CC4)cc23)CC1. The van der Waals surface area contributed by atoms with Gasteiger partial charge in [0, 0.05) is 60.7 Å². The van der Waals surface area contributed by atoms with Crippen LogP contribution in [0.3, 0.4) is 0 Å². The lowest BCUT2D eigenvalue weighted by molar-refractivity contribution is 0.669. The first-order valence-corrected chi connectivity index (χ1v) is 18.0. The number of fused-ring (bicyclic) bond motifs is 9. The molecule has 242 valence electrons. The number of hydrogen-bond donors (Lipinski definition) is 0. The van der Waals surface area contributed by atoms with Crippen LogP contribution in [0.25, 0.3) is 84.5 Å². The van der Waals surface area contributed by atoms with Crippen molar-refractivity contribution in [1.29, 1.82) is 0 Å². The number of para-hydroxylation sites is 3. The molecule has 2 aliphatic rings. The summed E-state index contributed by atoms with van der Waals surface area (Å²) in [4.78, 5) is 0. The van der Waals surface area contributed by atoms with Gasteiger partial charge in [-0.05, 0) is 103 Å². The Kier molecular flexibility index (Phi) is 6.20. The maximum Gasteiger partial charge on any atom is 0.135 e. The van der Waals surface area contributed by atoms with Gasteiger partial charge in [0.1, 0.15) is 11.2 Å². The van der Waals surface area contributed by atoms with Crippen LogP contribution in [0.2, 0.25) is 0 Å². The highest BCUT2D eigenvalue weighted by molar-refractivity contribution is 6.06. The smallest absolute Gasteiger partial charge is 0.135 e. The number of rotatable bonds is 4. The van der Waals surface area contributed by atoms with Crippen molar-refractivity contribution in [3.63, 3.8) is 0 Å². The van der Waals surface area contributed by atoms with E-state index in [0.717, 1.165) is 41.2 Å². The van der Waals surface area contributed by atoms with Gasteiger partial charge in [-0.15, -0.1) is 0 Å². The van der Waals surface area contributed by atoms with Crippen LogP contribution in [0.4, 0.5) is 0 Å². The number of allylic oxidation sites excluding steroid dienone is 1. The summed E-state index contributed by atoms with van der Waals surface area (Å²) in [5.41, 5.74) is 13.3. The Morgan fingerprint density at radius 1 is 0.569 bits per heavy atom. The van der Waals surface area contributed by atoms with E-state index < -0.39 is 0 Å². The van der Waals surface area contributed by atoms with E-state index in [-0.39, 0.29) is 5.92 Å². The van der Waals surface area contributed by atoms with E-state index >= 15 is 0 Å². The molecule has 0 fully saturated rings. The van der Waals surface area contributed by atoms with Gasteiger partial charge in [-0.3, -0.25) is 0 Å². The summed E-state index contributed by atoms with van der Waals surface area (Å²) in [7, 11) is 0. The molecule has 0 amide bonds. The summed E-state index contributed by atoms with van der Waals surface area (Å²) in [6.45, 7) is 0. The van der Waals surface area contributed by atoms with Crippen LogP contribution < -0.4 is 10.6 Å². The van der Waals surface area contributed by atoms with E-state index in [4.69, 9.17) is 4.42 Å². The number of nitrogens with zero attached hydrogens (tertiary/aromatic N) is 2. The van der Waals surface area contributed by atoms with Crippen LogP contribution in [0.1, 0.15) is 35.6 Å². The summed E-state index contributed by atoms with van der Waals surface area (Å²) in [6, 6.07) is 50.7. The number of hydrogen-bond acceptors (Lipinski definition) is 1. The highest BCUT2D eigenvalue weighted by Gasteiger charge is 2.22. The third-order valence-electron chi connectivity index (χ3n) is 11.1. The summed E-state index contributed by atoms with van der Waals surface area (Å²) < 4.78 is 11.1. The van der Waals surface area contributed by atoms with Crippen LogP contribution in [-0.2, 0) is 6.42 Å². The second kappa shape index (κ2) is 11.1. The summed E-state index contributed by atoms with van der Waals surface area (Å²) in [6.07, 6.45) is 12.8. The normalized spacial score (nSPS) is 15.3. The lowest BCUT2D eigenvalue weighted by Gasteiger charge is -2.15. The van der Waals surface area contributed by atoms with E-state index in [1.165, 1.54) is 71.7 Å². The first-order chi connectivity index (χ1) is 25.3. The van der Waals surface area contributed by atoms with Crippen LogP contribution in [0.5, 0.6) is 0 Å². The molecule has 0 spiro atoms. The predicted octanol–water partition coefficient (Wildman–Crippen LogP) is 10.8. The van der Waals surface area contributed by atoms with Crippen molar-refractivity contribution in [2.45, 2.75) is 25.2 Å². The van der Waals surface area contributed by atoms with Gasteiger partial charge < -0.3 is 13.6 Å². The molecule has 3 nitrogen and oxygen atoms in total. The lowest BCUT2D eigenvalue weighted by atomic mass is 9.90. The van der Waals surface area contributed by atoms with Gasteiger partial charge in [0.2, 0.25) is 0 Å². The summed E-state index contributed by atoms with van der Waals surface area (Å²) in [5, 5.41) is 7.52. The van der Waals surface area contributed by atoms with Crippen molar-refractivity contribution < 1.29 is 4.42 Å². The summed E-state index contributed by atoms with van der Waals surface area (Å²) >= 11 is 0. The molecule has 1 atom stereocenters. The van der Waals surface area contributed by atoms with E-state index in [0.29, 0.717) is 0 Å². The van der Waals surface area contributed by atoms with Crippen molar-refractivity contribution in [3.8, 4) is 22.5 Å². The van der Waals surface area contributed by atoms with Crippen molar-refractivity contribution in [2.75, 3.05) is 0 Å². The Morgan fingerprint density at radius 3 is 2.10 bits per heavy atom. The standard InChI is InChI=1S/C48H34N2O/c1-3-11-35(12-4-1)49-43-17-9-7-15-37(43)39-27-31(19-23-44(39)49)32-20-24-45-40(28-32)41-29-33(21-25-46(41)50(45)36-13-5-2-6-14-36)34-22-26-48-42(30-34)38-16-8-10-18-47(38)51-48/h1-8,10-16,18-19,21-30,32H,9,17,20H2. The average molecular weight is 655 g/mol. The molecular formula is C48H34N2O. The van der Waals surface area contributed by atoms with Crippen LogP contribution >= 0.6 is 0 Å². The minimum atomic E-state index is 0.275. The van der Waals surface area contributed by atoms with E-state index in [1.54, 1.807) is 0 Å². The molecule has 51 heavy (non-hydrogen) atoms. The van der Waals surface area contributed by atoms with Crippen molar-refractivity contribution in [2.24, 2.45) is 0 Å². The van der Waals surface area contributed by atoms with E-state index in [1.807, 2.05) is 12.1 Å². The Balaban J connectivity index is 1.09. The lowest BCUT2D eigenvalue weighted by Crippen LogP contribution is -2.31. The van der Waals surface area contributed by atoms with Gasteiger partial charge >= 0.3 is 0 Å². The Labute approximate surface area is 295 Å².